The number of aromatic nitrogens is 1. The average molecular weight is 255 g/mol. The molecule has 0 radical (unpaired) electrons. The fourth-order valence-electron chi connectivity index (χ4n) is 2.25. The monoisotopic (exact) mass is 255 g/mol. The predicted molar refractivity (Wildman–Crippen MR) is 72.6 cm³/mol. The maximum Gasteiger partial charge on any atom is 0.142 e. The molecule has 0 aromatic carbocycles. The van der Waals surface area contributed by atoms with Gasteiger partial charge in [-0.15, -0.1) is 11.3 Å². The molecule has 3 rings (SSSR count). The van der Waals surface area contributed by atoms with Gasteiger partial charge in [0, 0.05) is 9.75 Å². The van der Waals surface area contributed by atoms with E-state index in [4.69, 9.17) is 5.26 Å². The highest BCUT2D eigenvalue weighted by Crippen LogP contribution is 2.30. The van der Waals surface area contributed by atoms with Gasteiger partial charge >= 0.3 is 0 Å². The van der Waals surface area contributed by atoms with Crippen molar-refractivity contribution >= 4 is 17.2 Å². The van der Waals surface area contributed by atoms with Crippen LogP contribution in [0.1, 0.15) is 27.4 Å². The van der Waals surface area contributed by atoms with E-state index in [0.29, 0.717) is 5.69 Å². The van der Waals surface area contributed by atoms with E-state index in [-0.39, 0.29) is 0 Å². The van der Waals surface area contributed by atoms with E-state index in [2.05, 4.69) is 16.4 Å². The minimum Gasteiger partial charge on any atom is -0.365 e. The highest BCUT2D eigenvalue weighted by molar-refractivity contribution is 7.12. The summed E-state index contributed by atoms with van der Waals surface area (Å²) in [5, 5.41) is 12.1. The fourth-order valence-corrected chi connectivity index (χ4v) is 3.45. The van der Waals surface area contributed by atoms with Gasteiger partial charge in [0.05, 0.1) is 6.54 Å². The summed E-state index contributed by atoms with van der Waals surface area (Å²) in [6.07, 6.45) is 3.77. The van der Waals surface area contributed by atoms with E-state index in [1.54, 1.807) is 10.9 Å². The van der Waals surface area contributed by atoms with Gasteiger partial charge in [0.15, 0.2) is 0 Å². The molecule has 0 atom stereocenters. The SMILES string of the molecule is N#Cc1cccc(NCc2cc3c(s2)CCC3)n1. The van der Waals surface area contributed by atoms with E-state index in [9.17, 15) is 0 Å². The molecule has 0 bridgehead atoms. The first-order chi connectivity index (χ1) is 8.85. The van der Waals surface area contributed by atoms with Crippen molar-refractivity contribution in [1.29, 1.82) is 5.26 Å². The van der Waals surface area contributed by atoms with Gasteiger partial charge < -0.3 is 5.32 Å². The topological polar surface area (TPSA) is 48.7 Å². The Morgan fingerprint density at radius 1 is 1.39 bits per heavy atom. The van der Waals surface area contributed by atoms with Crippen molar-refractivity contribution < 1.29 is 0 Å². The Morgan fingerprint density at radius 3 is 3.17 bits per heavy atom. The second-order valence-electron chi connectivity index (χ2n) is 4.39. The number of anilines is 1. The zero-order chi connectivity index (χ0) is 12.4. The molecule has 0 fully saturated rings. The number of pyridine rings is 1. The van der Waals surface area contributed by atoms with E-state index in [1.165, 1.54) is 29.7 Å². The van der Waals surface area contributed by atoms with Crippen molar-refractivity contribution in [2.75, 3.05) is 5.32 Å². The van der Waals surface area contributed by atoms with Crippen LogP contribution in [-0.4, -0.2) is 4.98 Å². The Labute approximate surface area is 110 Å². The van der Waals surface area contributed by atoms with Gasteiger partial charge in [0.2, 0.25) is 0 Å². The molecule has 0 saturated heterocycles. The van der Waals surface area contributed by atoms with E-state index in [0.717, 1.165) is 12.4 Å². The van der Waals surface area contributed by atoms with Crippen LogP contribution in [0.15, 0.2) is 24.3 Å². The Balaban J connectivity index is 1.68. The molecule has 2 aromatic rings. The van der Waals surface area contributed by atoms with Crippen molar-refractivity contribution in [3.63, 3.8) is 0 Å². The van der Waals surface area contributed by atoms with Crippen LogP contribution in [0.4, 0.5) is 5.82 Å². The predicted octanol–water partition coefficient (Wildman–Crippen LogP) is 3.12. The minimum absolute atomic E-state index is 0.452. The van der Waals surface area contributed by atoms with Crippen LogP contribution in [0.2, 0.25) is 0 Å². The summed E-state index contributed by atoms with van der Waals surface area (Å²) in [5.74, 6) is 0.766. The fraction of sp³-hybridized carbons (Fsp3) is 0.286. The van der Waals surface area contributed by atoms with Crippen LogP contribution >= 0.6 is 11.3 Å². The number of thiophene rings is 1. The van der Waals surface area contributed by atoms with Crippen LogP contribution in [0, 0.1) is 11.3 Å². The Hall–Kier alpha value is -1.86. The molecule has 2 heterocycles. The van der Waals surface area contributed by atoms with Crippen LogP contribution < -0.4 is 5.32 Å². The van der Waals surface area contributed by atoms with Crippen molar-refractivity contribution in [3.05, 3.63) is 45.3 Å². The molecule has 1 N–H and O–H groups in total. The number of nitriles is 1. The molecule has 18 heavy (non-hydrogen) atoms. The lowest BCUT2D eigenvalue weighted by molar-refractivity contribution is 0.913. The molecular weight excluding hydrogens is 242 g/mol. The standard InChI is InChI=1S/C14H13N3S/c15-8-11-4-2-6-14(17-11)16-9-12-7-10-3-1-5-13(10)18-12/h2,4,6-7H,1,3,5,9H2,(H,16,17). The van der Waals surface area contributed by atoms with Crippen LogP contribution in [0.3, 0.4) is 0 Å². The third-order valence-electron chi connectivity index (χ3n) is 3.11. The molecule has 2 aromatic heterocycles. The van der Waals surface area contributed by atoms with E-state index < -0.39 is 0 Å². The van der Waals surface area contributed by atoms with Gasteiger partial charge in [0.1, 0.15) is 17.6 Å². The third-order valence-corrected chi connectivity index (χ3v) is 4.34. The van der Waals surface area contributed by atoms with E-state index >= 15 is 0 Å². The lowest BCUT2D eigenvalue weighted by Crippen LogP contribution is -2.00. The molecule has 0 aliphatic heterocycles. The average Bonchev–Trinajstić information content (AvgIpc) is 2.97. The Morgan fingerprint density at radius 2 is 2.33 bits per heavy atom. The van der Waals surface area contributed by atoms with E-state index in [1.807, 2.05) is 29.5 Å². The molecule has 0 amide bonds. The number of hydrogen-bond donors (Lipinski definition) is 1. The maximum absolute atomic E-state index is 8.79. The summed E-state index contributed by atoms with van der Waals surface area (Å²) >= 11 is 1.90. The van der Waals surface area contributed by atoms with Gasteiger partial charge in [-0.05, 0) is 43.0 Å². The molecule has 1 aliphatic carbocycles. The van der Waals surface area contributed by atoms with Gasteiger partial charge in [-0.2, -0.15) is 5.26 Å². The summed E-state index contributed by atoms with van der Waals surface area (Å²) in [5.41, 5.74) is 1.98. The molecule has 4 heteroatoms. The number of fused-ring (bicyclic) bond motifs is 1. The third kappa shape index (κ3) is 2.22. The Bertz CT molecular complexity index is 588. The second kappa shape index (κ2) is 4.79. The summed E-state index contributed by atoms with van der Waals surface area (Å²) in [4.78, 5) is 7.10. The molecule has 3 nitrogen and oxygen atoms in total. The Kier molecular flexibility index (Phi) is 2.99. The molecule has 90 valence electrons. The largest absolute Gasteiger partial charge is 0.365 e. The lowest BCUT2D eigenvalue weighted by Gasteiger charge is -2.03. The van der Waals surface area contributed by atoms with Gasteiger partial charge in [-0.3, -0.25) is 0 Å². The summed E-state index contributed by atoms with van der Waals surface area (Å²) in [6, 6.07) is 9.80. The molecule has 0 unspecified atom stereocenters. The molecular formula is C14H13N3S. The number of nitrogens with zero attached hydrogens (tertiary/aromatic N) is 2. The number of aryl methyl sites for hydroxylation is 2. The van der Waals surface area contributed by atoms with Gasteiger partial charge in [0.25, 0.3) is 0 Å². The first kappa shape index (κ1) is 11.2. The summed E-state index contributed by atoms with van der Waals surface area (Å²) < 4.78 is 0. The maximum atomic E-state index is 8.79. The molecule has 0 saturated carbocycles. The van der Waals surface area contributed by atoms with Crippen molar-refractivity contribution in [1.82, 2.24) is 4.98 Å². The first-order valence-corrected chi connectivity index (χ1v) is 6.88. The molecule has 1 aliphatic rings. The second-order valence-corrected chi connectivity index (χ2v) is 5.61. The highest BCUT2D eigenvalue weighted by atomic mass is 32.1. The van der Waals surface area contributed by atoms with Crippen molar-refractivity contribution in [2.24, 2.45) is 0 Å². The zero-order valence-electron chi connectivity index (χ0n) is 9.94. The van der Waals surface area contributed by atoms with Crippen LogP contribution in [-0.2, 0) is 19.4 Å². The van der Waals surface area contributed by atoms with Crippen molar-refractivity contribution in [3.8, 4) is 6.07 Å². The lowest BCUT2D eigenvalue weighted by atomic mass is 10.2. The van der Waals surface area contributed by atoms with Crippen molar-refractivity contribution in [2.45, 2.75) is 25.8 Å². The van der Waals surface area contributed by atoms with Crippen LogP contribution in [0.5, 0.6) is 0 Å². The quantitative estimate of drug-likeness (QED) is 0.916. The van der Waals surface area contributed by atoms with Gasteiger partial charge in [-0.25, -0.2) is 4.98 Å². The van der Waals surface area contributed by atoms with Gasteiger partial charge in [-0.1, -0.05) is 6.07 Å². The normalized spacial score (nSPS) is 13.1. The first-order valence-electron chi connectivity index (χ1n) is 6.06. The summed E-state index contributed by atoms with van der Waals surface area (Å²) in [7, 11) is 0. The number of nitrogens with one attached hydrogen (secondary N) is 1. The van der Waals surface area contributed by atoms with Crippen LogP contribution in [0.25, 0.3) is 0 Å². The summed E-state index contributed by atoms with van der Waals surface area (Å²) in [6.45, 7) is 0.791. The molecule has 0 spiro atoms. The number of hydrogen-bond acceptors (Lipinski definition) is 4. The zero-order valence-corrected chi connectivity index (χ0v) is 10.8. The minimum atomic E-state index is 0.452. The number of rotatable bonds is 3. The smallest absolute Gasteiger partial charge is 0.142 e. The highest BCUT2D eigenvalue weighted by Gasteiger charge is 2.14.